The number of hydrogen-bond acceptors (Lipinski definition) is 2. The molecule has 1 saturated heterocycles. The molecule has 0 bridgehead atoms. The minimum atomic E-state index is -0.197. The molecule has 2 aliphatic rings. The topological polar surface area (TPSA) is 29.5 Å². The summed E-state index contributed by atoms with van der Waals surface area (Å²) in [6.07, 6.45) is 6.40. The maximum Gasteiger partial charge on any atom is 0.0823 e. The molecule has 13 heavy (non-hydrogen) atoms. The first kappa shape index (κ1) is 9.47. The van der Waals surface area contributed by atoms with Crippen LogP contribution in [0.25, 0.3) is 0 Å². The van der Waals surface area contributed by atoms with Crippen molar-refractivity contribution < 1.29 is 9.84 Å². The average Bonchev–Trinajstić information content (AvgIpc) is 2.64. The summed E-state index contributed by atoms with van der Waals surface area (Å²) in [6, 6.07) is 0. The molecule has 1 aliphatic carbocycles. The molecular formula is C11H20O2. The molecule has 1 aliphatic heterocycles. The fourth-order valence-electron chi connectivity index (χ4n) is 2.85. The highest BCUT2D eigenvalue weighted by Gasteiger charge is 2.36. The number of hydrogen-bond donors (Lipinski definition) is 1. The van der Waals surface area contributed by atoms with Crippen LogP contribution in [0.1, 0.15) is 39.0 Å². The van der Waals surface area contributed by atoms with Gasteiger partial charge in [0.05, 0.1) is 19.3 Å². The lowest BCUT2D eigenvalue weighted by atomic mass is 9.79. The third-order valence-electron chi connectivity index (χ3n) is 3.73. The van der Waals surface area contributed by atoms with E-state index >= 15 is 0 Å². The Kier molecular flexibility index (Phi) is 2.61. The molecule has 1 N–H and O–H groups in total. The number of rotatable bonds is 2. The highest BCUT2D eigenvalue weighted by Crippen LogP contribution is 2.43. The van der Waals surface area contributed by atoms with Gasteiger partial charge in [-0.05, 0) is 24.7 Å². The van der Waals surface area contributed by atoms with Crippen LogP contribution < -0.4 is 0 Å². The largest absolute Gasteiger partial charge is 0.390 e. The van der Waals surface area contributed by atoms with E-state index < -0.39 is 0 Å². The zero-order chi connectivity index (χ0) is 9.31. The average molecular weight is 184 g/mol. The van der Waals surface area contributed by atoms with Crippen molar-refractivity contribution in [3.63, 3.8) is 0 Å². The van der Waals surface area contributed by atoms with Crippen LogP contribution in [-0.4, -0.2) is 24.4 Å². The van der Waals surface area contributed by atoms with Crippen LogP contribution in [0.2, 0.25) is 0 Å². The lowest BCUT2D eigenvalue weighted by Crippen LogP contribution is -2.25. The first-order valence-corrected chi connectivity index (χ1v) is 5.45. The van der Waals surface area contributed by atoms with Crippen molar-refractivity contribution in [2.45, 2.75) is 45.1 Å². The summed E-state index contributed by atoms with van der Waals surface area (Å²) in [7, 11) is 0. The van der Waals surface area contributed by atoms with E-state index in [1.54, 1.807) is 0 Å². The van der Waals surface area contributed by atoms with E-state index in [0.717, 1.165) is 13.0 Å². The number of ether oxygens (including phenoxy) is 1. The summed E-state index contributed by atoms with van der Waals surface area (Å²) in [4.78, 5) is 0. The SMILES string of the molecule is CC1(C[C@@H]2COC[C@H]2O)CCCC1. The Hall–Kier alpha value is -0.0800. The first-order chi connectivity index (χ1) is 6.20. The molecule has 76 valence electrons. The van der Waals surface area contributed by atoms with Gasteiger partial charge in [-0.2, -0.15) is 0 Å². The third-order valence-corrected chi connectivity index (χ3v) is 3.73. The summed E-state index contributed by atoms with van der Waals surface area (Å²) in [5.74, 6) is 0.406. The van der Waals surface area contributed by atoms with Crippen LogP contribution in [-0.2, 0) is 4.74 Å². The molecule has 0 radical (unpaired) electrons. The van der Waals surface area contributed by atoms with Gasteiger partial charge in [0, 0.05) is 5.92 Å². The Balaban J connectivity index is 1.88. The van der Waals surface area contributed by atoms with Gasteiger partial charge in [0.1, 0.15) is 0 Å². The van der Waals surface area contributed by atoms with Crippen molar-refractivity contribution in [2.75, 3.05) is 13.2 Å². The van der Waals surface area contributed by atoms with Crippen LogP contribution >= 0.6 is 0 Å². The molecule has 1 saturated carbocycles. The van der Waals surface area contributed by atoms with Gasteiger partial charge in [0.15, 0.2) is 0 Å². The maximum absolute atomic E-state index is 9.64. The van der Waals surface area contributed by atoms with Gasteiger partial charge in [-0.25, -0.2) is 0 Å². The van der Waals surface area contributed by atoms with Crippen molar-refractivity contribution in [3.8, 4) is 0 Å². The van der Waals surface area contributed by atoms with E-state index in [-0.39, 0.29) is 6.10 Å². The van der Waals surface area contributed by atoms with Crippen LogP contribution in [0, 0.1) is 11.3 Å². The van der Waals surface area contributed by atoms with Gasteiger partial charge in [-0.15, -0.1) is 0 Å². The summed E-state index contributed by atoms with van der Waals surface area (Å²) in [6.45, 7) is 3.70. The minimum absolute atomic E-state index is 0.197. The van der Waals surface area contributed by atoms with Gasteiger partial charge in [-0.1, -0.05) is 19.8 Å². The van der Waals surface area contributed by atoms with Crippen molar-refractivity contribution in [1.82, 2.24) is 0 Å². The Bertz CT molecular complexity index is 173. The van der Waals surface area contributed by atoms with Crippen molar-refractivity contribution in [3.05, 3.63) is 0 Å². The zero-order valence-corrected chi connectivity index (χ0v) is 8.46. The Morgan fingerprint density at radius 2 is 2.00 bits per heavy atom. The summed E-state index contributed by atoms with van der Waals surface area (Å²) in [5, 5.41) is 9.64. The molecule has 0 aromatic rings. The number of aliphatic hydroxyl groups excluding tert-OH is 1. The van der Waals surface area contributed by atoms with Crippen LogP contribution in [0.4, 0.5) is 0 Å². The van der Waals surface area contributed by atoms with Gasteiger partial charge < -0.3 is 9.84 Å². The molecule has 0 amide bonds. The lowest BCUT2D eigenvalue weighted by Gasteiger charge is -2.27. The molecule has 1 heterocycles. The van der Waals surface area contributed by atoms with Gasteiger partial charge in [0.2, 0.25) is 0 Å². The highest BCUT2D eigenvalue weighted by atomic mass is 16.5. The quantitative estimate of drug-likeness (QED) is 0.711. The van der Waals surface area contributed by atoms with Gasteiger partial charge in [-0.3, -0.25) is 0 Å². The summed E-state index contributed by atoms with van der Waals surface area (Å²) < 4.78 is 5.27. The van der Waals surface area contributed by atoms with E-state index in [0.29, 0.717) is 17.9 Å². The molecule has 2 heteroatoms. The predicted octanol–water partition coefficient (Wildman–Crippen LogP) is 1.96. The van der Waals surface area contributed by atoms with Crippen LogP contribution in [0.15, 0.2) is 0 Å². The second kappa shape index (κ2) is 3.58. The predicted molar refractivity (Wildman–Crippen MR) is 51.5 cm³/mol. The molecule has 0 aromatic heterocycles. The first-order valence-electron chi connectivity index (χ1n) is 5.45. The second-order valence-corrected chi connectivity index (χ2v) is 5.09. The third kappa shape index (κ3) is 2.05. The fourth-order valence-corrected chi connectivity index (χ4v) is 2.85. The van der Waals surface area contributed by atoms with Crippen molar-refractivity contribution in [1.29, 1.82) is 0 Å². The van der Waals surface area contributed by atoms with E-state index in [9.17, 15) is 5.11 Å². The standard InChI is InChI=1S/C11H20O2/c1-11(4-2-3-5-11)6-9-7-13-8-10(9)12/h9-10,12H,2-8H2,1H3/t9-,10-/m1/s1. The van der Waals surface area contributed by atoms with Crippen LogP contribution in [0.5, 0.6) is 0 Å². The highest BCUT2D eigenvalue weighted by molar-refractivity contribution is 4.86. The molecule has 2 atom stereocenters. The summed E-state index contributed by atoms with van der Waals surface area (Å²) in [5.41, 5.74) is 0.499. The minimum Gasteiger partial charge on any atom is -0.390 e. The Labute approximate surface area is 80.3 Å². The van der Waals surface area contributed by atoms with E-state index in [1.165, 1.54) is 25.7 Å². The lowest BCUT2D eigenvalue weighted by molar-refractivity contribution is 0.104. The molecule has 2 rings (SSSR count). The fraction of sp³-hybridized carbons (Fsp3) is 1.00. The molecule has 2 nitrogen and oxygen atoms in total. The molecule has 0 spiro atoms. The van der Waals surface area contributed by atoms with Crippen molar-refractivity contribution in [2.24, 2.45) is 11.3 Å². The molecular weight excluding hydrogens is 164 g/mol. The van der Waals surface area contributed by atoms with E-state index in [4.69, 9.17) is 4.74 Å². The molecule has 0 aromatic carbocycles. The maximum atomic E-state index is 9.64. The number of aliphatic hydroxyl groups is 1. The van der Waals surface area contributed by atoms with E-state index in [1.807, 2.05) is 0 Å². The molecule has 2 fully saturated rings. The van der Waals surface area contributed by atoms with Crippen molar-refractivity contribution >= 4 is 0 Å². The van der Waals surface area contributed by atoms with Gasteiger partial charge in [0.25, 0.3) is 0 Å². The molecule has 0 unspecified atom stereocenters. The second-order valence-electron chi connectivity index (χ2n) is 5.09. The summed E-state index contributed by atoms with van der Waals surface area (Å²) >= 11 is 0. The van der Waals surface area contributed by atoms with Crippen LogP contribution in [0.3, 0.4) is 0 Å². The van der Waals surface area contributed by atoms with Gasteiger partial charge >= 0.3 is 0 Å². The monoisotopic (exact) mass is 184 g/mol. The zero-order valence-electron chi connectivity index (χ0n) is 8.46. The Morgan fingerprint density at radius 1 is 1.31 bits per heavy atom. The smallest absolute Gasteiger partial charge is 0.0823 e. The van der Waals surface area contributed by atoms with E-state index in [2.05, 4.69) is 6.92 Å². The normalized spacial score (nSPS) is 38.3. The Morgan fingerprint density at radius 3 is 2.54 bits per heavy atom.